The first-order chi connectivity index (χ1) is 28.6. The maximum Gasteiger partial charge on any atom is 0.346 e. The van der Waals surface area contributed by atoms with Crippen LogP contribution in [-0.2, 0) is 9.59 Å². The van der Waals surface area contributed by atoms with E-state index in [4.69, 9.17) is 10.5 Å². The summed E-state index contributed by atoms with van der Waals surface area (Å²) >= 11 is 6.19. The van der Waals surface area contributed by atoms with Gasteiger partial charge in [0.2, 0.25) is 0 Å². The van der Waals surface area contributed by atoms with Crippen molar-refractivity contribution in [2.45, 2.75) is 13.8 Å². The van der Waals surface area contributed by atoms with Gasteiger partial charge < -0.3 is 15.1 Å². The molecule has 7 aromatic rings. The summed E-state index contributed by atoms with van der Waals surface area (Å²) in [6, 6.07) is 42.7. The Morgan fingerprint density at radius 1 is 0.492 bits per heavy atom. The lowest BCUT2D eigenvalue weighted by atomic mass is 10.1. The normalized spacial score (nSPS) is 11.9. The van der Waals surface area contributed by atoms with Crippen molar-refractivity contribution < 1.29 is 19.8 Å². The van der Waals surface area contributed by atoms with Crippen molar-refractivity contribution >= 4 is 111 Å². The van der Waals surface area contributed by atoms with Gasteiger partial charge in [0.15, 0.2) is 0 Å². The molecule has 0 atom stereocenters. The fraction of sp³-hybridized carbons (Fsp3) is 0.0417. The molecule has 0 fully saturated rings. The van der Waals surface area contributed by atoms with E-state index < -0.39 is 11.9 Å². The second-order valence-electron chi connectivity index (χ2n) is 13.2. The number of thiophene rings is 4. The van der Waals surface area contributed by atoms with Gasteiger partial charge in [-0.3, -0.25) is 0 Å². The topological polar surface area (TPSA) is 125 Å². The van der Waals surface area contributed by atoms with E-state index in [2.05, 4.69) is 134 Å². The van der Waals surface area contributed by atoms with Gasteiger partial charge in [0.1, 0.15) is 23.3 Å². The Bertz CT molecular complexity index is 2720. The molecule has 0 amide bonds. The highest BCUT2D eigenvalue weighted by Crippen LogP contribution is 2.38. The van der Waals surface area contributed by atoms with Crippen LogP contribution < -0.4 is 4.90 Å². The molecule has 7 nitrogen and oxygen atoms in total. The van der Waals surface area contributed by atoms with Crippen LogP contribution in [0.15, 0.2) is 126 Å². The first-order valence-electron chi connectivity index (χ1n) is 18.1. The van der Waals surface area contributed by atoms with E-state index in [0.29, 0.717) is 0 Å². The number of carboxylic acids is 2. The minimum atomic E-state index is -1.23. The second-order valence-corrected chi connectivity index (χ2v) is 17.7. The second kappa shape index (κ2) is 18.2. The summed E-state index contributed by atoms with van der Waals surface area (Å²) < 4.78 is 0. The highest BCUT2D eigenvalue weighted by atomic mass is 32.1. The summed E-state index contributed by atoms with van der Waals surface area (Å²) in [4.78, 5) is 32.5. The molecule has 0 saturated carbocycles. The third-order valence-corrected chi connectivity index (χ3v) is 13.8. The van der Waals surface area contributed by atoms with Gasteiger partial charge in [-0.25, -0.2) is 9.59 Å². The van der Waals surface area contributed by atoms with Crippen LogP contribution in [0.2, 0.25) is 0 Å². The van der Waals surface area contributed by atoms with E-state index in [1.54, 1.807) is 34.8 Å². The molecule has 0 spiro atoms. The maximum absolute atomic E-state index is 11.2. The fourth-order valence-electron chi connectivity index (χ4n) is 5.98. The zero-order valence-corrected chi connectivity index (χ0v) is 34.9. The number of anilines is 3. The van der Waals surface area contributed by atoms with Gasteiger partial charge in [-0.2, -0.15) is 10.5 Å². The molecule has 0 aliphatic rings. The molecule has 0 radical (unpaired) electrons. The van der Waals surface area contributed by atoms with Crippen LogP contribution in [0, 0.1) is 36.5 Å². The Hall–Kier alpha value is -6.86. The molecule has 4 heterocycles. The van der Waals surface area contributed by atoms with E-state index in [9.17, 15) is 19.8 Å². The first kappa shape index (κ1) is 40.3. The van der Waals surface area contributed by atoms with E-state index >= 15 is 0 Å². The molecule has 3 aromatic carbocycles. The van der Waals surface area contributed by atoms with E-state index in [0.717, 1.165) is 67.2 Å². The lowest BCUT2D eigenvalue weighted by Crippen LogP contribution is -2.10. The number of aryl methyl sites for hydroxylation is 2. The molecule has 288 valence electrons. The lowest BCUT2D eigenvalue weighted by Gasteiger charge is -2.26. The van der Waals surface area contributed by atoms with Crippen LogP contribution >= 0.6 is 45.3 Å². The predicted molar refractivity (Wildman–Crippen MR) is 246 cm³/mol. The third-order valence-electron chi connectivity index (χ3n) is 9.20. The molecule has 0 aliphatic heterocycles. The number of hydrogen-bond donors (Lipinski definition) is 2. The summed E-state index contributed by atoms with van der Waals surface area (Å²) in [6.07, 6.45) is 11.2. The smallest absolute Gasteiger partial charge is 0.346 e. The Labute approximate surface area is 357 Å². The molecular formula is C48H33N3O4S4. The number of carboxylic acid groups (broad SMARTS) is 2. The van der Waals surface area contributed by atoms with Crippen molar-refractivity contribution in [3.05, 3.63) is 168 Å². The predicted octanol–water partition coefficient (Wildman–Crippen LogP) is 13.7. The Morgan fingerprint density at radius 3 is 1.24 bits per heavy atom. The van der Waals surface area contributed by atoms with Crippen molar-refractivity contribution in [1.82, 2.24) is 0 Å². The van der Waals surface area contributed by atoms with Crippen molar-refractivity contribution in [2.75, 3.05) is 4.90 Å². The molecule has 59 heavy (non-hydrogen) atoms. The van der Waals surface area contributed by atoms with Crippen LogP contribution in [0.25, 0.3) is 56.0 Å². The zero-order chi connectivity index (χ0) is 41.5. The molecular weight excluding hydrogens is 811 g/mol. The molecule has 7 rings (SSSR count). The van der Waals surface area contributed by atoms with Crippen LogP contribution in [-0.4, -0.2) is 22.2 Å². The molecule has 2 N–H and O–H groups in total. The standard InChI is InChI=1S/C48H33N3O4S4/c1-30-3-10-38(25-31(30)2)51(36-11-4-32(5-12-36)8-15-39-17-21-43(56-39)45-23-19-41(58-45)26-34(28-49)47(52)53)37-13-6-33(7-14-37)9-16-40-18-22-44(57-40)46-24-20-42(59-46)27-35(29-50)48(54)55/h3-27H,1-2H3,(H,52,53)(H,54,55)/b15-8+,16-9+,34-26+,35-27+. The molecule has 11 heteroatoms. The molecule has 0 bridgehead atoms. The quantitative estimate of drug-likeness (QED) is 0.0874. The van der Waals surface area contributed by atoms with Crippen LogP contribution in [0.3, 0.4) is 0 Å². The lowest BCUT2D eigenvalue weighted by molar-refractivity contribution is -0.133. The number of benzene rings is 3. The van der Waals surface area contributed by atoms with Crippen molar-refractivity contribution in [1.29, 1.82) is 10.5 Å². The van der Waals surface area contributed by atoms with Crippen LogP contribution in [0.1, 0.15) is 41.8 Å². The largest absolute Gasteiger partial charge is 0.477 e. The van der Waals surface area contributed by atoms with Gasteiger partial charge in [-0.05, 0) is 145 Å². The zero-order valence-electron chi connectivity index (χ0n) is 31.6. The summed E-state index contributed by atoms with van der Waals surface area (Å²) in [5.41, 5.74) is 7.11. The van der Waals surface area contributed by atoms with E-state index in [1.165, 1.54) is 46.0 Å². The summed E-state index contributed by atoms with van der Waals surface area (Å²) in [7, 11) is 0. The number of hydrogen-bond acceptors (Lipinski definition) is 9. The van der Waals surface area contributed by atoms with E-state index in [1.807, 2.05) is 24.3 Å². The average molecular weight is 844 g/mol. The number of aliphatic carboxylic acids is 2. The summed E-state index contributed by atoms with van der Waals surface area (Å²) in [5.74, 6) is -2.47. The van der Waals surface area contributed by atoms with Crippen molar-refractivity contribution in [3.63, 3.8) is 0 Å². The average Bonchev–Trinajstić information content (AvgIpc) is 4.08. The molecule has 0 aliphatic carbocycles. The van der Waals surface area contributed by atoms with Gasteiger partial charge in [0.05, 0.1) is 0 Å². The van der Waals surface area contributed by atoms with Crippen molar-refractivity contribution in [3.8, 4) is 31.6 Å². The third kappa shape index (κ3) is 9.82. The Kier molecular flexibility index (Phi) is 12.4. The number of rotatable bonds is 13. The molecule has 0 unspecified atom stereocenters. The van der Waals surface area contributed by atoms with Gasteiger partial charge in [0.25, 0.3) is 0 Å². The Morgan fingerprint density at radius 2 is 0.864 bits per heavy atom. The van der Waals surface area contributed by atoms with Gasteiger partial charge in [0, 0.05) is 56.1 Å². The van der Waals surface area contributed by atoms with Gasteiger partial charge in [-0.1, -0.05) is 42.5 Å². The van der Waals surface area contributed by atoms with Crippen LogP contribution in [0.5, 0.6) is 0 Å². The number of nitriles is 2. The van der Waals surface area contributed by atoms with Gasteiger partial charge >= 0.3 is 11.9 Å². The van der Waals surface area contributed by atoms with Crippen molar-refractivity contribution in [2.24, 2.45) is 0 Å². The van der Waals surface area contributed by atoms with Gasteiger partial charge in [-0.15, -0.1) is 45.3 Å². The summed E-state index contributed by atoms with van der Waals surface area (Å²) in [6.45, 7) is 4.24. The minimum absolute atomic E-state index is 0.288. The first-order valence-corrected chi connectivity index (χ1v) is 21.4. The number of carbonyl (C=O) groups is 2. The van der Waals surface area contributed by atoms with E-state index in [-0.39, 0.29) is 11.1 Å². The highest BCUT2D eigenvalue weighted by Gasteiger charge is 2.14. The molecule has 4 aromatic heterocycles. The Balaban J connectivity index is 1.06. The van der Waals surface area contributed by atoms with Crippen LogP contribution in [0.4, 0.5) is 17.1 Å². The maximum atomic E-state index is 11.2. The fourth-order valence-corrected chi connectivity index (χ4v) is 9.89. The minimum Gasteiger partial charge on any atom is -0.477 e. The molecule has 0 saturated heterocycles. The summed E-state index contributed by atoms with van der Waals surface area (Å²) in [5, 5.41) is 36.5. The highest BCUT2D eigenvalue weighted by molar-refractivity contribution is 7.23. The monoisotopic (exact) mass is 843 g/mol. The SMILES string of the molecule is Cc1ccc(N(c2ccc(/C=C/c3ccc(-c4ccc(/C=C(\C#N)C(=O)O)s4)s3)cc2)c2ccc(/C=C/c3ccc(-c4ccc(/C=C(\C#N)C(=O)O)s4)s3)cc2)cc1C. The number of nitrogens with zero attached hydrogens (tertiary/aromatic N) is 3.